The monoisotopic (exact) mass is 732 g/mol. The highest BCUT2D eigenvalue weighted by molar-refractivity contribution is 6.17. The van der Waals surface area contributed by atoms with E-state index in [1.54, 1.807) is 0 Å². The molecule has 0 amide bonds. The van der Waals surface area contributed by atoms with E-state index in [9.17, 15) is 0 Å². The van der Waals surface area contributed by atoms with Gasteiger partial charge < -0.3 is 4.57 Å². The van der Waals surface area contributed by atoms with E-state index in [4.69, 9.17) is 9.98 Å². The lowest BCUT2D eigenvalue weighted by molar-refractivity contribution is 0.818. The third-order valence-electron chi connectivity index (χ3n) is 11.1. The standard InChI is InChI=1S/C53H40N4/c1-36(38-16-6-3-7-17-38)54-53(41-28-26-40(27-29-41)39-18-8-4-9-19-39)55-37(2)56-49-24-14-12-22-45(49)47-34-42(30-32-51(47)56)43-31-33-52-48(35-43)46-23-13-15-25-50(46)57(52)44-20-10-5-11-21-44/h3-36H,1-2H3. The number of amidine groups is 1. The number of para-hydroxylation sites is 3. The minimum atomic E-state index is -0.0775. The number of fused-ring (bicyclic) bond motifs is 6. The van der Waals surface area contributed by atoms with Crippen molar-refractivity contribution < 1.29 is 0 Å². The molecule has 2 aromatic heterocycles. The highest BCUT2D eigenvalue weighted by Gasteiger charge is 2.17. The van der Waals surface area contributed by atoms with Crippen molar-refractivity contribution in [1.29, 1.82) is 0 Å². The molecule has 8 aromatic carbocycles. The highest BCUT2D eigenvalue weighted by Crippen LogP contribution is 2.37. The van der Waals surface area contributed by atoms with Crippen LogP contribution in [-0.4, -0.2) is 20.8 Å². The lowest BCUT2D eigenvalue weighted by Crippen LogP contribution is -2.12. The summed E-state index contributed by atoms with van der Waals surface area (Å²) >= 11 is 0. The van der Waals surface area contributed by atoms with Gasteiger partial charge in [-0.05, 0) is 90.2 Å². The first-order valence-electron chi connectivity index (χ1n) is 19.6. The first-order valence-corrected chi connectivity index (χ1v) is 19.6. The van der Waals surface area contributed by atoms with E-state index in [2.05, 4.69) is 211 Å². The maximum atomic E-state index is 5.36. The van der Waals surface area contributed by atoms with Crippen LogP contribution in [0.4, 0.5) is 0 Å². The third kappa shape index (κ3) is 6.22. The quantitative estimate of drug-likeness (QED) is 0.121. The Labute approximate surface area is 332 Å². The first kappa shape index (κ1) is 34.2. The fourth-order valence-corrected chi connectivity index (χ4v) is 8.31. The molecule has 0 fully saturated rings. The molecule has 4 nitrogen and oxygen atoms in total. The molecule has 0 aliphatic heterocycles. The Morgan fingerprint density at radius 2 is 0.912 bits per heavy atom. The number of nitrogens with zero attached hydrogens (tertiary/aromatic N) is 4. The van der Waals surface area contributed by atoms with Crippen molar-refractivity contribution in [3.05, 3.63) is 211 Å². The van der Waals surface area contributed by atoms with Crippen LogP contribution in [0.2, 0.25) is 0 Å². The lowest BCUT2D eigenvalue weighted by Gasteiger charge is -2.13. The van der Waals surface area contributed by atoms with E-state index in [0.29, 0.717) is 5.84 Å². The fourth-order valence-electron chi connectivity index (χ4n) is 8.31. The maximum Gasteiger partial charge on any atom is 0.157 e. The summed E-state index contributed by atoms with van der Waals surface area (Å²) in [6.07, 6.45) is 0. The predicted molar refractivity (Wildman–Crippen MR) is 241 cm³/mol. The molecule has 2 heterocycles. The van der Waals surface area contributed by atoms with E-state index in [-0.39, 0.29) is 6.04 Å². The second kappa shape index (κ2) is 14.4. The van der Waals surface area contributed by atoms with Crippen molar-refractivity contribution >= 4 is 55.3 Å². The van der Waals surface area contributed by atoms with Crippen LogP contribution >= 0.6 is 0 Å². The van der Waals surface area contributed by atoms with Gasteiger partial charge in [-0.15, -0.1) is 0 Å². The summed E-state index contributed by atoms with van der Waals surface area (Å²) in [6.45, 7) is 4.23. The molecule has 272 valence electrons. The van der Waals surface area contributed by atoms with Gasteiger partial charge in [0.05, 0.1) is 28.1 Å². The molecule has 0 saturated heterocycles. The van der Waals surface area contributed by atoms with Crippen LogP contribution in [0.1, 0.15) is 31.0 Å². The van der Waals surface area contributed by atoms with Gasteiger partial charge in [0, 0.05) is 32.8 Å². The van der Waals surface area contributed by atoms with Crippen LogP contribution < -0.4 is 0 Å². The number of aliphatic imine (C=N–C) groups is 2. The first-order chi connectivity index (χ1) is 28.1. The van der Waals surface area contributed by atoms with Crippen LogP contribution in [0.5, 0.6) is 0 Å². The van der Waals surface area contributed by atoms with E-state index >= 15 is 0 Å². The van der Waals surface area contributed by atoms with Crippen molar-refractivity contribution in [2.24, 2.45) is 9.98 Å². The van der Waals surface area contributed by atoms with Gasteiger partial charge in [0.2, 0.25) is 0 Å². The molecular weight excluding hydrogens is 693 g/mol. The fraction of sp³-hybridized carbons (Fsp3) is 0.0566. The average molecular weight is 733 g/mol. The van der Waals surface area contributed by atoms with Gasteiger partial charge in [-0.1, -0.05) is 152 Å². The second-order valence-electron chi connectivity index (χ2n) is 14.6. The smallest absolute Gasteiger partial charge is 0.157 e. The highest BCUT2D eigenvalue weighted by atomic mass is 15.1. The van der Waals surface area contributed by atoms with E-state index < -0.39 is 0 Å². The minimum absolute atomic E-state index is 0.0775. The van der Waals surface area contributed by atoms with Gasteiger partial charge in [-0.25, -0.2) is 4.99 Å². The summed E-state index contributed by atoms with van der Waals surface area (Å²) in [5, 5.41) is 4.86. The Hall–Kier alpha value is -7.30. The molecule has 0 bridgehead atoms. The van der Waals surface area contributed by atoms with Crippen molar-refractivity contribution in [3.63, 3.8) is 0 Å². The molecule has 57 heavy (non-hydrogen) atoms. The Kier molecular flexibility index (Phi) is 8.65. The Morgan fingerprint density at radius 1 is 0.439 bits per heavy atom. The molecule has 1 atom stereocenters. The van der Waals surface area contributed by atoms with Crippen molar-refractivity contribution in [2.45, 2.75) is 19.9 Å². The number of hydrogen-bond donors (Lipinski definition) is 0. The van der Waals surface area contributed by atoms with Gasteiger partial charge >= 0.3 is 0 Å². The number of aromatic nitrogens is 2. The van der Waals surface area contributed by atoms with Crippen molar-refractivity contribution in [3.8, 4) is 27.9 Å². The summed E-state index contributed by atoms with van der Waals surface area (Å²) in [5.74, 6) is 1.56. The molecule has 10 aromatic rings. The van der Waals surface area contributed by atoms with Crippen LogP contribution in [0.15, 0.2) is 210 Å². The van der Waals surface area contributed by atoms with Gasteiger partial charge in [0.15, 0.2) is 5.84 Å². The van der Waals surface area contributed by atoms with Crippen LogP contribution in [0, 0.1) is 0 Å². The summed E-state index contributed by atoms with van der Waals surface area (Å²) in [4.78, 5) is 10.6. The molecule has 0 aliphatic rings. The van der Waals surface area contributed by atoms with Crippen LogP contribution in [0.25, 0.3) is 71.6 Å². The van der Waals surface area contributed by atoms with E-state index in [1.807, 2.05) is 12.1 Å². The summed E-state index contributed by atoms with van der Waals surface area (Å²) in [7, 11) is 0. The lowest BCUT2D eigenvalue weighted by atomic mass is 10.0. The zero-order chi connectivity index (χ0) is 38.3. The molecule has 0 saturated carbocycles. The molecule has 0 spiro atoms. The van der Waals surface area contributed by atoms with E-state index in [0.717, 1.165) is 39.2 Å². The molecule has 0 radical (unpaired) electrons. The van der Waals surface area contributed by atoms with Gasteiger partial charge in [-0.2, -0.15) is 0 Å². The Morgan fingerprint density at radius 3 is 1.60 bits per heavy atom. The normalized spacial score (nSPS) is 12.9. The number of rotatable bonds is 6. The molecule has 0 N–H and O–H groups in total. The van der Waals surface area contributed by atoms with Gasteiger partial charge in [0.25, 0.3) is 0 Å². The minimum Gasteiger partial charge on any atom is -0.309 e. The number of benzene rings is 8. The summed E-state index contributed by atoms with van der Waals surface area (Å²) in [5.41, 5.74) is 12.6. The Balaban J connectivity index is 1.09. The summed E-state index contributed by atoms with van der Waals surface area (Å²) < 4.78 is 4.65. The zero-order valence-electron chi connectivity index (χ0n) is 31.9. The van der Waals surface area contributed by atoms with Crippen LogP contribution in [-0.2, 0) is 0 Å². The zero-order valence-corrected chi connectivity index (χ0v) is 31.9. The largest absolute Gasteiger partial charge is 0.309 e. The molecule has 0 aliphatic carbocycles. The molecule has 10 rings (SSSR count). The Bertz CT molecular complexity index is 3120. The number of hydrogen-bond acceptors (Lipinski definition) is 1. The van der Waals surface area contributed by atoms with Gasteiger partial charge in [-0.3, -0.25) is 9.56 Å². The second-order valence-corrected chi connectivity index (χ2v) is 14.6. The molecule has 1 unspecified atom stereocenters. The molecule has 4 heteroatoms. The average Bonchev–Trinajstić information content (AvgIpc) is 3.79. The van der Waals surface area contributed by atoms with Crippen molar-refractivity contribution in [1.82, 2.24) is 9.13 Å². The van der Waals surface area contributed by atoms with Gasteiger partial charge in [0.1, 0.15) is 5.84 Å². The predicted octanol–water partition coefficient (Wildman–Crippen LogP) is 13.7. The van der Waals surface area contributed by atoms with Crippen molar-refractivity contribution in [2.75, 3.05) is 0 Å². The molecular formula is C53H40N4. The maximum absolute atomic E-state index is 5.36. The topological polar surface area (TPSA) is 34.6 Å². The van der Waals surface area contributed by atoms with E-state index in [1.165, 1.54) is 49.3 Å². The van der Waals surface area contributed by atoms with Crippen LogP contribution in [0.3, 0.4) is 0 Å². The summed E-state index contributed by atoms with van der Waals surface area (Å²) in [6, 6.07) is 71.1. The SMILES string of the molecule is CC(=NC(=NC(C)c1ccccc1)c1ccc(-c2ccccc2)cc1)n1c2ccccc2c2cc(-c3ccc4c(c3)c3ccccc3n4-c3ccccc3)ccc21. The third-order valence-corrected chi connectivity index (χ3v) is 11.1.